The first-order valence-corrected chi connectivity index (χ1v) is 9.32. The van der Waals surface area contributed by atoms with Gasteiger partial charge in [-0.1, -0.05) is 91.8 Å². The minimum atomic E-state index is 0.611. The molecular weight excluding hydrogens is 276 g/mol. The molecule has 0 heteroatoms. The fourth-order valence-electron chi connectivity index (χ4n) is 2.97. The van der Waals surface area contributed by atoms with Gasteiger partial charge in [-0.25, -0.2) is 0 Å². The Labute approximate surface area is 144 Å². The molecule has 0 fully saturated rings. The second kappa shape index (κ2) is 8.91. The van der Waals surface area contributed by atoms with Crippen LogP contribution in [-0.4, -0.2) is 0 Å². The molecule has 1 aliphatic carbocycles. The number of hydrogen-bond acceptors (Lipinski definition) is 0. The standard InChI is InChI=1S/C19H22.2C2H6/c1-12(2)14-5-7-18-16(9-14)11-17-10-15(13(3)4)6-8-19(17)18;2*1-2/h5-10,12-13H,11H2,1-4H3;2*1-2H3. The molecule has 1 aliphatic rings. The molecular formula is C23H34. The van der Waals surface area contributed by atoms with E-state index < -0.39 is 0 Å². The molecule has 0 saturated carbocycles. The molecule has 0 amide bonds. The lowest BCUT2D eigenvalue weighted by molar-refractivity contribution is 0.862. The molecule has 2 aromatic rings. The zero-order valence-corrected chi connectivity index (χ0v) is 16.3. The van der Waals surface area contributed by atoms with E-state index >= 15 is 0 Å². The molecule has 0 unspecified atom stereocenters. The van der Waals surface area contributed by atoms with Gasteiger partial charge < -0.3 is 0 Å². The van der Waals surface area contributed by atoms with E-state index in [4.69, 9.17) is 0 Å². The first-order chi connectivity index (χ1) is 11.1. The molecule has 0 N–H and O–H groups in total. The Morgan fingerprint density at radius 2 is 0.957 bits per heavy atom. The second-order valence-corrected chi connectivity index (χ2v) is 6.32. The summed E-state index contributed by atoms with van der Waals surface area (Å²) in [5, 5.41) is 0. The maximum atomic E-state index is 2.40. The van der Waals surface area contributed by atoms with Crippen molar-refractivity contribution in [3.63, 3.8) is 0 Å². The quantitative estimate of drug-likeness (QED) is 0.458. The number of hydrogen-bond donors (Lipinski definition) is 0. The topological polar surface area (TPSA) is 0 Å². The Kier molecular flexibility index (Phi) is 7.55. The van der Waals surface area contributed by atoms with E-state index in [1.807, 2.05) is 27.7 Å². The van der Waals surface area contributed by atoms with Crippen molar-refractivity contribution >= 4 is 0 Å². The summed E-state index contributed by atoms with van der Waals surface area (Å²) < 4.78 is 0. The van der Waals surface area contributed by atoms with Gasteiger partial charge in [0, 0.05) is 0 Å². The van der Waals surface area contributed by atoms with Crippen LogP contribution in [0.15, 0.2) is 36.4 Å². The Bertz CT molecular complexity index is 562. The van der Waals surface area contributed by atoms with Crippen LogP contribution in [0.2, 0.25) is 0 Å². The number of fused-ring (bicyclic) bond motifs is 3. The Hall–Kier alpha value is -1.56. The third kappa shape index (κ3) is 4.25. The van der Waals surface area contributed by atoms with E-state index in [2.05, 4.69) is 64.1 Å². The third-order valence-corrected chi connectivity index (χ3v) is 4.26. The molecule has 0 aromatic heterocycles. The largest absolute Gasteiger partial charge is 0.0683 e. The third-order valence-electron chi connectivity index (χ3n) is 4.26. The van der Waals surface area contributed by atoms with E-state index in [9.17, 15) is 0 Å². The molecule has 0 heterocycles. The van der Waals surface area contributed by atoms with E-state index in [0.29, 0.717) is 11.8 Å². The van der Waals surface area contributed by atoms with Gasteiger partial charge in [-0.2, -0.15) is 0 Å². The number of rotatable bonds is 2. The first kappa shape index (κ1) is 19.5. The van der Waals surface area contributed by atoms with Crippen molar-refractivity contribution in [2.45, 2.75) is 73.6 Å². The van der Waals surface area contributed by atoms with Gasteiger partial charge in [0.1, 0.15) is 0 Å². The summed E-state index contributed by atoms with van der Waals surface area (Å²) in [6.45, 7) is 17.1. The van der Waals surface area contributed by atoms with E-state index in [-0.39, 0.29) is 0 Å². The Balaban J connectivity index is 0.000000615. The van der Waals surface area contributed by atoms with Crippen LogP contribution in [0, 0.1) is 0 Å². The van der Waals surface area contributed by atoms with Crippen LogP contribution < -0.4 is 0 Å². The van der Waals surface area contributed by atoms with Gasteiger partial charge >= 0.3 is 0 Å². The minimum Gasteiger partial charge on any atom is -0.0683 e. The van der Waals surface area contributed by atoms with E-state index in [1.54, 1.807) is 0 Å². The van der Waals surface area contributed by atoms with Gasteiger partial charge in [-0.05, 0) is 51.6 Å². The highest BCUT2D eigenvalue weighted by Crippen LogP contribution is 2.39. The fourth-order valence-corrected chi connectivity index (χ4v) is 2.97. The van der Waals surface area contributed by atoms with Crippen molar-refractivity contribution in [1.29, 1.82) is 0 Å². The second-order valence-electron chi connectivity index (χ2n) is 6.32. The van der Waals surface area contributed by atoms with Crippen molar-refractivity contribution in [2.24, 2.45) is 0 Å². The predicted molar refractivity (Wildman–Crippen MR) is 106 cm³/mol. The summed E-state index contributed by atoms with van der Waals surface area (Å²) in [5.74, 6) is 1.22. The maximum Gasteiger partial charge on any atom is -0.00132 e. The molecule has 0 radical (unpaired) electrons. The molecule has 0 bridgehead atoms. The lowest BCUT2D eigenvalue weighted by atomic mass is 9.96. The molecule has 23 heavy (non-hydrogen) atoms. The first-order valence-electron chi connectivity index (χ1n) is 9.32. The van der Waals surface area contributed by atoms with Gasteiger partial charge in [-0.15, -0.1) is 0 Å². The zero-order valence-electron chi connectivity index (χ0n) is 16.3. The van der Waals surface area contributed by atoms with Crippen LogP contribution in [0.25, 0.3) is 11.1 Å². The lowest BCUT2D eigenvalue weighted by Gasteiger charge is -2.09. The van der Waals surface area contributed by atoms with Crippen molar-refractivity contribution in [1.82, 2.24) is 0 Å². The summed E-state index contributed by atoms with van der Waals surface area (Å²) in [7, 11) is 0. The van der Waals surface area contributed by atoms with Crippen LogP contribution in [0.5, 0.6) is 0 Å². The van der Waals surface area contributed by atoms with E-state index in [1.165, 1.54) is 33.4 Å². The highest BCUT2D eigenvalue weighted by Gasteiger charge is 2.19. The monoisotopic (exact) mass is 310 g/mol. The minimum absolute atomic E-state index is 0.611. The average molecular weight is 311 g/mol. The fraction of sp³-hybridized carbons (Fsp3) is 0.478. The van der Waals surface area contributed by atoms with Gasteiger partial charge in [0.05, 0.1) is 0 Å². The Morgan fingerprint density at radius 3 is 1.26 bits per heavy atom. The molecule has 126 valence electrons. The molecule has 3 rings (SSSR count). The lowest BCUT2D eigenvalue weighted by Crippen LogP contribution is -1.90. The molecule has 0 aliphatic heterocycles. The van der Waals surface area contributed by atoms with Crippen molar-refractivity contribution < 1.29 is 0 Å². The van der Waals surface area contributed by atoms with Crippen LogP contribution in [0.4, 0.5) is 0 Å². The van der Waals surface area contributed by atoms with E-state index in [0.717, 1.165) is 6.42 Å². The molecule has 0 saturated heterocycles. The maximum absolute atomic E-state index is 2.40. The van der Waals surface area contributed by atoms with Crippen LogP contribution in [0.1, 0.15) is 89.5 Å². The molecule has 0 atom stereocenters. The van der Waals surface area contributed by atoms with Gasteiger partial charge in [0.15, 0.2) is 0 Å². The SMILES string of the molecule is CC.CC.CC(C)c1ccc2c(c1)Cc1cc(C(C)C)ccc1-2. The van der Waals surface area contributed by atoms with Crippen LogP contribution in [-0.2, 0) is 6.42 Å². The molecule has 0 nitrogen and oxygen atoms in total. The summed E-state index contributed by atoms with van der Waals surface area (Å²) in [6.07, 6.45) is 1.10. The summed E-state index contributed by atoms with van der Waals surface area (Å²) in [4.78, 5) is 0. The summed E-state index contributed by atoms with van der Waals surface area (Å²) >= 11 is 0. The average Bonchev–Trinajstić information content (AvgIpc) is 2.95. The van der Waals surface area contributed by atoms with Crippen molar-refractivity contribution in [3.05, 3.63) is 58.7 Å². The summed E-state index contributed by atoms with van der Waals surface area (Å²) in [6, 6.07) is 14.0. The summed E-state index contributed by atoms with van der Waals surface area (Å²) in [5.41, 5.74) is 8.79. The highest BCUT2D eigenvalue weighted by atomic mass is 14.2. The van der Waals surface area contributed by atoms with Crippen LogP contribution >= 0.6 is 0 Å². The smallest absolute Gasteiger partial charge is 0.00132 e. The van der Waals surface area contributed by atoms with Gasteiger partial charge in [0.2, 0.25) is 0 Å². The van der Waals surface area contributed by atoms with Gasteiger partial charge in [0.25, 0.3) is 0 Å². The van der Waals surface area contributed by atoms with Crippen LogP contribution in [0.3, 0.4) is 0 Å². The van der Waals surface area contributed by atoms with Crippen molar-refractivity contribution in [2.75, 3.05) is 0 Å². The molecule has 2 aromatic carbocycles. The van der Waals surface area contributed by atoms with Gasteiger partial charge in [-0.3, -0.25) is 0 Å². The predicted octanol–water partition coefficient (Wildman–Crippen LogP) is 7.56. The highest BCUT2D eigenvalue weighted by molar-refractivity contribution is 5.77. The number of benzene rings is 2. The zero-order chi connectivity index (χ0) is 17.6. The molecule has 0 spiro atoms. The normalized spacial score (nSPS) is 11.2. The van der Waals surface area contributed by atoms with Crippen molar-refractivity contribution in [3.8, 4) is 11.1 Å². The Morgan fingerprint density at radius 1 is 0.609 bits per heavy atom.